The Morgan fingerprint density at radius 1 is 1.57 bits per heavy atom. The molecule has 0 saturated heterocycles. The van der Waals surface area contributed by atoms with Gasteiger partial charge in [-0.15, -0.1) is 23.2 Å². The van der Waals surface area contributed by atoms with E-state index in [0.29, 0.717) is 12.1 Å². The van der Waals surface area contributed by atoms with Crippen LogP contribution >= 0.6 is 23.2 Å². The molecule has 0 spiro atoms. The number of hydrogen-bond donors (Lipinski definition) is 2. The Labute approximate surface area is 90.8 Å². The van der Waals surface area contributed by atoms with Crippen LogP contribution in [0.15, 0.2) is 5.10 Å². The van der Waals surface area contributed by atoms with Gasteiger partial charge in [-0.25, -0.2) is 5.43 Å². The van der Waals surface area contributed by atoms with Crippen molar-refractivity contribution in [1.82, 2.24) is 10.7 Å². The van der Waals surface area contributed by atoms with Crippen molar-refractivity contribution in [2.45, 2.75) is 17.7 Å². The van der Waals surface area contributed by atoms with E-state index < -0.39 is 4.84 Å². The van der Waals surface area contributed by atoms with Crippen LogP contribution in [0.2, 0.25) is 0 Å². The predicted molar refractivity (Wildman–Crippen MR) is 53.3 cm³/mol. The SMILES string of the molecule is O=C1CCC(C(=O)NCC(Cl)Cl)=NN1. The third-order valence-electron chi connectivity index (χ3n) is 1.58. The largest absolute Gasteiger partial charge is 0.348 e. The summed E-state index contributed by atoms with van der Waals surface area (Å²) in [7, 11) is 0. The van der Waals surface area contributed by atoms with Crippen molar-refractivity contribution in [2.75, 3.05) is 6.54 Å². The van der Waals surface area contributed by atoms with E-state index in [1.165, 1.54) is 0 Å². The lowest BCUT2D eigenvalue weighted by Gasteiger charge is -2.11. The number of amides is 2. The summed E-state index contributed by atoms with van der Waals surface area (Å²) in [4.78, 5) is 21.4. The molecule has 2 N–H and O–H groups in total. The maximum absolute atomic E-state index is 11.3. The molecule has 0 fully saturated rings. The van der Waals surface area contributed by atoms with Gasteiger partial charge >= 0.3 is 0 Å². The molecule has 0 unspecified atom stereocenters. The summed E-state index contributed by atoms with van der Waals surface area (Å²) in [6.45, 7) is 0.162. The fraction of sp³-hybridized carbons (Fsp3) is 0.571. The minimum absolute atomic E-state index is 0.162. The Bertz CT molecular complexity index is 278. The van der Waals surface area contributed by atoms with Gasteiger partial charge < -0.3 is 5.32 Å². The van der Waals surface area contributed by atoms with Gasteiger partial charge in [-0.05, 0) is 0 Å². The molecule has 1 aliphatic rings. The number of carbonyl (C=O) groups is 2. The van der Waals surface area contributed by atoms with Crippen LogP contribution in [0, 0.1) is 0 Å². The van der Waals surface area contributed by atoms with Crippen molar-refractivity contribution in [1.29, 1.82) is 0 Å². The maximum Gasteiger partial charge on any atom is 0.267 e. The summed E-state index contributed by atoms with van der Waals surface area (Å²) in [5, 5.41) is 6.09. The summed E-state index contributed by atoms with van der Waals surface area (Å²) in [5.74, 6) is -0.537. The van der Waals surface area contributed by atoms with Gasteiger partial charge in [0.25, 0.3) is 5.91 Å². The average Bonchev–Trinajstić information content (AvgIpc) is 2.15. The zero-order valence-electron chi connectivity index (χ0n) is 7.22. The fourth-order valence-corrected chi connectivity index (χ4v) is 1.06. The molecule has 0 bridgehead atoms. The maximum atomic E-state index is 11.3. The zero-order valence-corrected chi connectivity index (χ0v) is 8.73. The lowest BCUT2D eigenvalue weighted by Crippen LogP contribution is -2.38. The highest BCUT2D eigenvalue weighted by Gasteiger charge is 2.18. The van der Waals surface area contributed by atoms with Gasteiger partial charge in [0.1, 0.15) is 10.5 Å². The highest BCUT2D eigenvalue weighted by molar-refractivity contribution is 6.45. The first kappa shape index (κ1) is 11.3. The van der Waals surface area contributed by atoms with E-state index in [2.05, 4.69) is 15.8 Å². The summed E-state index contributed by atoms with van der Waals surface area (Å²) in [6, 6.07) is 0. The predicted octanol–water partition coefficient (Wildman–Crippen LogP) is 0.172. The zero-order chi connectivity index (χ0) is 10.6. The van der Waals surface area contributed by atoms with E-state index in [4.69, 9.17) is 23.2 Å². The lowest BCUT2D eigenvalue weighted by atomic mass is 10.2. The number of hydrazone groups is 1. The molecule has 7 heteroatoms. The summed E-state index contributed by atoms with van der Waals surface area (Å²) >= 11 is 10.9. The van der Waals surface area contributed by atoms with Crippen LogP contribution in [-0.2, 0) is 9.59 Å². The van der Waals surface area contributed by atoms with Gasteiger partial charge in [0.05, 0.1) is 0 Å². The van der Waals surface area contributed by atoms with Crippen LogP contribution in [0.4, 0.5) is 0 Å². The normalized spacial score (nSPS) is 16.2. The number of nitrogens with one attached hydrogen (secondary N) is 2. The molecule has 0 saturated carbocycles. The van der Waals surface area contributed by atoms with Crippen molar-refractivity contribution in [3.05, 3.63) is 0 Å². The first-order chi connectivity index (χ1) is 6.59. The molecular formula is C7H9Cl2N3O2. The third kappa shape index (κ3) is 3.51. The monoisotopic (exact) mass is 237 g/mol. The molecule has 1 rings (SSSR count). The molecule has 0 radical (unpaired) electrons. The minimum Gasteiger partial charge on any atom is -0.348 e. The van der Waals surface area contributed by atoms with Crippen molar-refractivity contribution in [3.63, 3.8) is 0 Å². The molecular weight excluding hydrogens is 229 g/mol. The van der Waals surface area contributed by atoms with E-state index in [9.17, 15) is 9.59 Å². The molecule has 2 amide bonds. The smallest absolute Gasteiger partial charge is 0.267 e. The Hall–Kier alpha value is -0.810. The Balaban J connectivity index is 2.41. The third-order valence-corrected chi connectivity index (χ3v) is 1.89. The second-order valence-electron chi connectivity index (χ2n) is 2.69. The average molecular weight is 238 g/mol. The van der Waals surface area contributed by atoms with Crippen LogP contribution in [0.1, 0.15) is 12.8 Å². The molecule has 0 aromatic rings. The molecule has 0 atom stereocenters. The molecule has 0 aliphatic carbocycles. The molecule has 1 aliphatic heterocycles. The van der Waals surface area contributed by atoms with Crippen LogP contribution in [0.5, 0.6) is 0 Å². The van der Waals surface area contributed by atoms with Crippen LogP contribution in [-0.4, -0.2) is 28.9 Å². The lowest BCUT2D eigenvalue weighted by molar-refractivity contribution is -0.121. The summed E-state index contributed by atoms with van der Waals surface area (Å²) < 4.78 is 0. The number of alkyl halides is 2. The van der Waals surface area contributed by atoms with Gasteiger partial charge in [-0.2, -0.15) is 5.10 Å². The minimum atomic E-state index is -0.641. The summed E-state index contributed by atoms with van der Waals surface area (Å²) in [6.07, 6.45) is 0.615. The highest BCUT2D eigenvalue weighted by Crippen LogP contribution is 2.01. The first-order valence-electron chi connectivity index (χ1n) is 4.01. The summed E-state index contributed by atoms with van der Waals surface area (Å²) in [5.41, 5.74) is 2.51. The number of hydrogen-bond acceptors (Lipinski definition) is 3. The number of rotatable bonds is 3. The van der Waals surface area contributed by atoms with Crippen molar-refractivity contribution < 1.29 is 9.59 Å². The molecule has 0 aromatic heterocycles. The standard InChI is InChI=1S/C7H9Cl2N3O2/c8-5(9)3-10-7(14)4-1-2-6(13)12-11-4/h5H,1-3H2,(H,10,14)(H,12,13). The molecule has 14 heavy (non-hydrogen) atoms. The van der Waals surface area contributed by atoms with E-state index in [1.54, 1.807) is 0 Å². The van der Waals surface area contributed by atoms with Gasteiger partial charge in [0.2, 0.25) is 5.91 Å². The van der Waals surface area contributed by atoms with Gasteiger partial charge in [0, 0.05) is 19.4 Å². The topological polar surface area (TPSA) is 70.6 Å². The highest BCUT2D eigenvalue weighted by atomic mass is 35.5. The van der Waals surface area contributed by atoms with Gasteiger partial charge in [-0.3, -0.25) is 9.59 Å². The quantitative estimate of drug-likeness (QED) is 0.688. The molecule has 5 nitrogen and oxygen atoms in total. The first-order valence-corrected chi connectivity index (χ1v) is 4.88. The number of halogens is 2. The Morgan fingerprint density at radius 3 is 2.79 bits per heavy atom. The van der Waals surface area contributed by atoms with Gasteiger partial charge in [0.15, 0.2) is 0 Å². The van der Waals surface area contributed by atoms with E-state index in [-0.39, 0.29) is 24.8 Å². The molecule has 78 valence electrons. The van der Waals surface area contributed by atoms with E-state index >= 15 is 0 Å². The Kier molecular flexibility index (Phi) is 4.16. The molecule has 0 aromatic carbocycles. The van der Waals surface area contributed by atoms with Crippen molar-refractivity contribution >= 4 is 40.7 Å². The van der Waals surface area contributed by atoms with E-state index in [1.807, 2.05) is 0 Å². The second kappa shape index (κ2) is 5.17. The molecule has 1 heterocycles. The van der Waals surface area contributed by atoms with Crippen LogP contribution < -0.4 is 10.7 Å². The van der Waals surface area contributed by atoms with Crippen molar-refractivity contribution in [2.24, 2.45) is 5.10 Å². The Morgan fingerprint density at radius 2 is 2.29 bits per heavy atom. The van der Waals surface area contributed by atoms with Crippen molar-refractivity contribution in [3.8, 4) is 0 Å². The number of carbonyl (C=O) groups excluding carboxylic acids is 2. The van der Waals surface area contributed by atoms with Crippen LogP contribution in [0.25, 0.3) is 0 Å². The number of nitrogens with zero attached hydrogens (tertiary/aromatic N) is 1. The fourth-order valence-electron chi connectivity index (χ4n) is 0.910. The van der Waals surface area contributed by atoms with Gasteiger partial charge in [-0.1, -0.05) is 0 Å². The van der Waals surface area contributed by atoms with Crippen LogP contribution in [0.3, 0.4) is 0 Å². The second-order valence-corrected chi connectivity index (χ2v) is 3.97. The van der Waals surface area contributed by atoms with E-state index in [0.717, 1.165) is 0 Å².